The van der Waals surface area contributed by atoms with E-state index >= 15 is 0 Å². The average molecular weight is 432 g/mol. The molecule has 1 saturated heterocycles. The van der Waals surface area contributed by atoms with E-state index in [4.69, 9.17) is 5.73 Å². The van der Waals surface area contributed by atoms with Crippen LogP contribution in [0.5, 0.6) is 0 Å². The lowest BCUT2D eigenvalue weighted by molar-refractivity contribution is -0.150. The molecule has 8 nitrogen and oxygen atoms in total. The summed E-state index contributed by atoms with van der Waals surface area (Å²) in [7, 11) is 0. The van der Waals surface area contributed by atoms with E-state index in [0.29, 0.717) is 25.2 Å². The van der Waals surface area contributed by atoms with Crippen molar-refractivity contribution in [3.8, 4) is 0 Å². The molecule has 1 aromatic carbocycles. The number of hydrogen-bond donors (Lipinski definition) is 3. The van der Waals surface area contributed by atoms with Crippen LogP contribution in [-0.2, 0) is 9.59 Å². The maximum absolute atomic E-state index is 13.5. The molecular weight excluding hydrogens is 401 g/mol. The molecule has 0 radical (unpaired) electrons. The van der Waals surface area contributed by atoms with Crippen molar-refractivity contribution in [1.29, 1.82) is 0 Å². The summed E-state index contributed by atoms with van der Waals surface area (Å²) in [6.45, 7) is 0.774. The molecule has 168 valence electrons. The smallest absolute Gasteiger partial charge is 0.323 e. The number of urea groups is 1. The van der Waals surface area contributed by atoms with Gasteiger partial charge in [-0.2, -0.15) is 0 Å². The van der Waals surface area contributed by atoms with Crippen molar-refractivity contribution in [2.45, 2.75) is 63.2 Å². The number of carbonyl (C=O) groups is 3. The topological polar surface area (TPSA) is 108 Å². The number of nitrogens with zero attached hydrogens (tertiary/aromatic N) is 2. The molecule has 4 rings (SSSR count). The number of nitrogens with two attached hydrogens (primary N) is 1. The maximum Gasteiger partial charge on any atom is 0.323 e. The minimum atomic E-state index is -1.01. The summed E-state index contributed by atoms with van der Waals surface area (Å²) in [5.74, 6) is -0.946. The van der Waals surface area contributed by atoms with E-state index in [1.54, 1.807) is 6.07 Å². The summed E-state index contributed by atoms with van der Waals surface area (Å²) in [5.41, 5.74) is 6.27. The van der Waals surface area contributed by atoms with Crippen molar-refractivity contribution in [2.24, 2.45) is 11.7 Å². The van der Waals surface area contributed by atoms with Gasteiger partial charge in [-0.05, 0) is 63.1 Å². The SMILES string of the molecule is NC1CCC(NC(=O)C2N(C(=O)Nc3cccc(F)c3)CCCN2C(=O)C2CC2)CC1. The second-order valence-corrected chi connectivity index (χ2v) is 8.79. The molecule has 9 heteroatoms. The molecule has 1 heterocycles. The molecule has 0 aromatic heterocycles. The molecule has 0 spiro atoms. The van der Waals surface area contributed by atoms with Gasteiger partial charge in [0.1, 0.15) is 5.82 Å². The van der Waals surface area contributed by atoms with Gasteiger partial charge in [-0.1, -0.05) is 6.07 Å². The van der Waals surface area contributed by atoms with E-state index < -0.39 is 18.0 Å². The van der Waals surface area contributed by atoms with Crippen LogP contribution in [0.25, 0.3) is 0 Å². The largest absolute Gasteiger partial charge is 0.350 e. The second-order valence-electron chi connectivity index (χ2n) is 8.79. The second kappa shape index (κ2) is 9.21. The molecule has 1 aromatic rings. The molecule has 4 amide bonds. The number of carbonyl (C=O) groups excluding carboxylic acids is 3. The zero-order chi connectivity index (χ0) is 22.0. The standard InChI is InChI=1S/C22H30FN5O3/c23-15-3-1-4-18(13-15)26-22(31)28-12-2-11-27(21(30)14-5-6-14)20(28)19(29)25-17-9-7-16(24)8-10-17/h1,3-4,13-14,16-17,20H,2,5-12,24H2,(H,25,29)(H,26,31). The van der Waals surface area contributed by atoms with E-state index in [0.717, 1.165) is 38.5 Å². The van der Waals surface area contributed by atoms with Gasteiger partial charge in [0, 0.05) is 36.8 Å². The lowest BCUT2D eigenvalue weighted by Crippen LogP contribution is -2.65. The monoisotopic (exact) mass is 431 g/mol. The third kappa shape index (κ3) is 5.15. The fraction of sp³-hybridized carbons (Fsp3) is 0.591. The van der Waals surface area contributed by atoms with Gasteiger partial charge in [0.25, 0.3) is 5.91 Å². The molecular formula is C22H30FN5O3. The Bertz CT molecular complexity index is 838. The first-order valence-corrected chi connectivity index (χ1v) is 11.1. The van der Waals surface area contributed by atoms with Crippen LogP contribution in [0.4, 0.5) is 14.9 Å². The van der Waals surface area contributed by atoms with Crippen molar-refractivity contribution >= 4 is 23.5 Å². The molecule has 3 aliphatic rings. The van der Waals surface area contributed by atoms with Crippen LogP contribution in [0.2, 0.25) is 0 Å². The summed E-state index contributed by atoms with van der Waals surface area (Å²) >= 11 is 0. The van der Waals surface area contributed by atoms with Gasteiger partial charge in [0.2, 0.25) is 5.91 Å². The third-order valence-electron chi connectivity index (χ3n) is 6.29. The number of rotatable bonds is 4. The highest BCUT2D eigenvalue weighted by molar-refractivity contribution is 5.96. The van der Waals surface area contributed by atoms with Crippen molar-refractivity contribution in [3.05, 3.63) is 30.1 Å². The van der Waals surface area contributed by atoms with Gasteiger partial charge in [-0.15, -0.1) is 0 Å². The first-order chi connectivity index (χ1) is 14.9. The Hall–Kier alpha value is -2.68. The van der Waals surface area contributed by atoms with Crippen LogP contribution >= 0.6 is 0 Å². The fourth-order valence-corrected chi connectivity index (χ4v) is 4.42. The van der Waals surface area contributed by atoms with Crippen LogP contribution in [-0.4, -0.2) is 59.0 Å². The Morgan fingerprint density at radius 1 is 1.00 bits per heavy atom. The van der Waals surface area contributed by atoms with Gasteiger partial charge >= 0.3 is 6.03 Å². The number of nitrogens with one attached hydrogen (secondary N) is 2. The normalized spacial score (nSPS) is 26.3. The predicted octanol–water partition coefficient (Wildman–Crippen LogP) is 2.01. The van der Waals surface area contributed by atoms with Gasteiger partial charge in [0.05, 0.1) is 0 Å². The Morgan fingerprint density at radius 3 is 2.39 bits per heavy atom. The van der Waals surface area contributed by atoms with E-state index in [2.05, 4.69) is 10.6 Å². The van der Waals surface area contributed by atoms with Crippen molar-refractivity contribution < 1.29 is 18.8 Å². The molecule has 4 N–H and O–H groups in total. The van der Waals surface area contributed by atoms with Crippen LogP contribution in [0.1, 0.15) is 44.9 Å². The minimum Gasteiger partial charge on any atom is -0.350 e. The molecule has 0 bridgehead atoms. The number of halogens is 1. The molecule has 2 aliphatic carbocycles. The highest BCUT2D eigenvalue weighted by Gasteiger charge is 2.44. The first-order valence-electron chi connectivity index (χ1n) is 11.1. The number of benzene rings is 1. The number of hydrogen-bond acceptors (Lipinski definition) is 4. The Labute approximate surface area is 181 Å². The zero-order valence-corrected chi connectivity index (χ0v) is 17.6. The van der Waals surface area contributed by atoms with Gasteiger partial charge in [-0.25, -0.2) is 9.18 Å². The van der Waals surface area contributed by atoms with E-state index in [1.165, 1.54) is 28.0 Å². The van der Waals surface area contributed by atoms with Crippen LogP contribution in [0, 0.1) is 11.7 Å². The van der Waals surface area contributed by atoms with E-state index in [1.807, 2.05) is 0 Å². The molecule has 2 saturated carbocycles. The molecule has 3 fully saturated rings. The van der Waals surface area contributed by atoms with E-state index in [-0.39, 0.29) is 29.8 Å². The van der Waals surface area contributed by atoms with Crippen molar-refractivity contribution in [2.75, 3.05) is 18.4 Å². The maximum atomic E-state index is 13.5. The number of amides is 4. The van der Waals surface area contributed by atoms with Gasteiger partial charge in [0.15, 0.2) is 6.17 Å². The van der Waals surface area contributed by atoms with Crippen LogP contribution in [0.3, 0.4) is 0 Å². The summed E-state index contributed by atoms with van der Waals surface area (Å²) in [4.78, 5) is 42.2. The third-order valence-corrected chi connectivity index (χ3v) is 6.29. The summed E-state index contributed by atoms with van der Waals surface area (Å²) in [6, 6.07) is 5.21. The summed E-state index contributed by atoms with van der Waals surface area (Å²) in [5, 5.41) is 5.70. The first kappa shape index (κ1) is 21.5. The number of anilines is 1. The Morgan fingerprint density at radius 2 is 1.71 bits per heavy atom. The highest BCUT2D eigenvalue weighted by atomic mass is 19.1. The quantitative estimate of drug-likeness (QED) is 0.678. The zero-order valence-electron chi connectivity index (χ0n) is 17.6. The Balaban J connectivity index is 1.52. The average Bonchev–Trinajstić information content (AvgIpc) is 3.60. The predicted molar refractivity (Wildman–Crippen MR) is 113 cm³/mol. The minimum absolute atomic E-state index is 0.0137. The lowest BCUT2D eigenvalue weighted by atomic mass is 9.91. The van der Waals surface area contributed by atoms with E-state index in [9.17, 15) is 18.8 Å². The fourth-order valence-electron chi connectivity index (χ4n) is 4.42. The van der Waals surface area contributed by atoms with Crippen molar-refractivity contribution in [3.63, 3.8) is 0 Å². The lowest BCUT2D eigenvalue weighted by Gasteiger charge is -2.43. The van der Waals surface area contributed by atoms with Crippen LogP contribution < -0.4 is 16.4 Å². The van der Waals surface area contributed by atoms with Crippen molar-refractivity contribution in [1.82, 2.24) is 15.1 Å². The highest BCUT2D eigenvalue weighted by Crippen LogP contribution is 2.33. The molecule has 1 unspecified atom stereocenters. The molecule has 1 aliphatic heterocycles. The molecule has 1 atom stereocenters. The van der Waals surface area contributed by atoms with Gasteiger partial charge < -0.3 is 21.3 Å². The summed E-state index contributed by atoms with van der Waals surface area (Å²) in [6.07, 6.45) is 4.45. The van der Waals surface area contributed by atoms with Gasteiger partial charge in [-0.3, -0.25) is 14.5 Å². The molecule has 31 heavy (non-hydrogen) atoms. The van der Waals surface area contributed by atoms with Crippen LogP contribution in [0.15, 0.2) is 24.3 Å². The summed E-state index contributed by atoms with van der Waals surface area (Å²) < 4.78 is 13.5. The Kier molecular flexibility index (Phi) is 6.41.